The summed E-state index contributed by atoms with van der Waals surface area (Å²) >= 11 is 0. The van der Waals surface area contributed by atoms with Crippen molar-refractivity contribution in [2.75, 3.05) is 30.4 Å². The highest BCUT2D eigenvalue weighted by Crippen LogP contribution is 2.28. The van der Waals surface area contributed by atoms with Crippen LogP contribution in [0.25, 0.3) is 5.95 Å². The average molecular weight is 288 g/mol. The molecular weight excluding hydrogens is 268 g/mol. The molecule has 1 aliphatic carbocycles. The molecule has 8 nitrogen and oxygen atoms in total. The van der Waals surface area contributed by atoms with E-state index in [1.54, 1.807) is 18.1 Å². The molecule has 2 aromatic rings. The van der Waals surface area contributed by atoms with E-state index in [4.69, 9.17) is 0 Å². The van der Waals surface area contributed by atoms with Crippen molar-refractivity contribution in [2.45, 2.75) is 26.2 Å². The molecule has 0 atom stereocenters. The predicted molar refractivity (Wildman–Crippen MR) is 79.5 cm³/mol. The van der Waals surface area contributed by atoms with Crippen molar-refractivity contribution in [1.29, 1.82) is 0 Å². The minimum absolute atomic E-state index is 0.480. The zero-order chi connectivity index (χ0) is 14.7. The third-order valence-electron chi connectivity index (χ3n) is 3.83. The quantitative estimate of drug-likeness (QED) is 0.852. The third kappa shape index (κ3) is 2.93. The first-order valence-corrected chi connectivity index (χ1v) is 7.34. The Morgan fingerprint density at radius 2 is 2.19 bits per heavy atom. The van der Waals surface area contributed by atoms with Crippen LogP contribution < -0.4 is 10.2 Å². The van der Waals surface area contributed by atoms with Crippen LogP contribution in [0, 0.1) is 5.92 Å². The monoisotopic (exact) mass is 288 g/mol. The first-order chi connectivity index (χ1) is 10.3. The van der Waals surface area contributed by atoms with Crippen LogP contribution in [0.3, 0.4) is 0 Å². The molecule has 1 aliphatic rings. The van der Waals surface area contributed by atoms with Crippen molar-refractivity contribution in [1.82, 2.24) is 29.7 Å². The SMILES string of the molecule is CCN(CC1CCC1)c1nc(NC)nc(-n2cncn2)n1. The Morgan fingerprint density at radius 1 is 1.33 bits per heavy atom. The molecule has 0 aliphatic heterocycles. The van der Waals surface area contributed by atoms with E-state index in [-0.39, 0.29) is 0 Å². The van der Waals surface area contributed by atoms with E-state index in [1.807, 2.05) is 0 Å². The van der Waals surface area contributed by atoms with Gasteiger partial charge in [-0.2, -0.15) is 24.7 Å². The van der Waals surface area contributed by atoms with Gasteiger partial charge in [0.2, 0.25) is 11.9 Å². The van der Waals surface area contributed by atoms with Crippen LogP contribution in [0.5, 0.6) is 0 Å². The van der Waals surface area contributed by atoms with Gasteiger partial charge in [0.1, 0.15) is 12.7 Å². The number of nitrogens with one attached hydrogen (secondary N) is 1. The normalized spacial score (nSPS) is 14.8. The molecule has 0 radical (unpaired) electrons. The van der Waals surface area contributed by atoms with Gasteiger partial charge in [0.25, 0.3) is 5.95 Å². The highest BCUT2D eigenvalue weighted by molar-refractivity contribution is 5.39. The number of nitrogens with zero attached hydrogens (tertiary/aromatic N) is 7. The minimum Gasteiger partial charge on any atom is -0.357 e. The van der Waals surface area contributed by atoms with Crippen LogP contribution in [-0.4, -0.2) is 49.9 Å². The highest BCUT2D eigenvalue weighted by atomic mass is 15.4. The summed E-state index contributed by atoms with van der Waals surface area (Å²) in [5.41, 5.74) is 0. The highest BCUT2D eigenvalue weighted by Gasteiger charge is 2.22. The third-order valence-corrected chi connectivity index (χ3v) is 3.83. The van der Waals surface area contributed by atoms with Crippen molar-refractivity contribution < 1.29 is 0 Å². The summed E-state index contributed by atoms with van der Waals surface area (Å²) in [6, 6.07) is 0. The lowest BCUT2D eigenvalue weighted by Crippen LogP contribution is -2.34. The van der Waals surface area contributed by atoms with Gasteiger partial charge in [0.05, 0.1) is 0 Å². The summed E-state index contributed by atoms with van der Waals surface area (Å²) < 4.78 is 1.54. The maximum Gasteiger partial charge on any atom is 0.258 e. The maximum absolute atomic E-state index is 4.53. The van der Waals surface area contributed by atoms with Crippen molar-refractivity contribution >= 4 is 11.9 Å². The molecule has 0 unspecified atom stereocenters. The lowest BCUT2D eigenvalue weighted by Gasteiger charge is -2.31. The largest absolute Gasteiger partial charge is 0.357 e. The first-order valence-electron chi connectivity index (χ1n) is 7.34. The smallest absolute Gasteiger partial charge is 0.258 e. The van der Waals surface area contributed by atoms with Crippen molar-refractivity contribution in [3.63, 3.8) is 0 Å². The minimum atomic E-state index is 0.480. The average Bonchev–Trinajstić information content (AvgIpc) is 3.00. The lowest BCUT2D eigenvalue weighted by atomic mass is 9.85. The summed E-state index contributed by atoms with van der Waals surface area (Å²) in [4.78, 5) is 19.5. The predicted octanol–water partition coefficient (Wildman–Crippen LogP) is 1.12. The van der Waals surface area contributed by atoms with Crippen LogP contribution in [-0.2, 0) is 0 Å². The van der Waals surface area contributed by atoms with Crippen LogP contribution in [0.15, 0.2) is 12.7 Å². The number of hydrogen-bond donors (Lipinski definition) is 1. The molecule has 1 fully saturated rings. The standard InChI is InChI=1S/C13H20N8/c1-3-20(7-10-5-4-6-10)12-17-11(14-2)18-13(19-12)21-9-15-8-16-21/h8-10H,3-7H2,1-2H3,(H,14,17,18,19). The molecule has 0 amide bonds. The van der Waals surface area contributed by atoms with E-state index < -0.39 is 0 Å². The molecule has 2 heterocycles. The summed E-state index contributed by atoms with van der Waals surface area (Å²) in [6.45, 7) is 4.00. The zero-order valence-electron chi connectivity index (χ0n) is 12.4. The van der Waals surface area contributed by atoms with E-state index in [0.29, 0.717) is 17.8 Å². The Balaban J connectivity index is 1.90. The molecular formula is C13H20N8. The molecule has 0 aromatic carbocycles. The Labute approximate surface area is 123 Å². The second kappa shape index (κ2) is 6.02. The van der Waals surface area contributed by atoms with Crippen LogP contribution >= 0.6 is 0 Å². The van der Waals surface area contributed by atoms with Gasteiger partial charge in [-0.15, -0.1) is 0 Å². The van der Waals surface area contributed by atoms with E-state index in [1.165, 1.54) is 25.6 Å². The number of hydrogen-bond acceptors (Lipinski definition) is 7. The second-order valence-electron chi connectivity index (χ2n) is 5.18. The molecule has 3 rings (SSSR count). The molecule has 0 saturated heterocycles. The van der Waals surface area contributed by atoms with Crippen LogP contribution in [0.2, 0.25) is 0 Å². The Kier molecular flexibility index (Phi) is 3.94. The first kappa shape index (κ1) is 13.7. The Bertz CT molecular complexity index is 578. The molecule has 1 N–H and O–H groups in total. The molecule has 2 aromatic heterocycles. The van der Waals surface area contributed by atoms with Gasteiger partial charge in [-0.3, -0.25) is 0 Å². The van der Waals surface area contributed by atoms with Gasteiger partial charge in [-0.05, 0) is 25.7 Å². The van der Waals surface area contributed by atoms with Gasteiger partial charge in [0.15, 0.2) is 0 Å². The van der Waals surface area contributed by atoms with E-state index in [2.05, 4.69) is 42.2 Å². The van der Waals surface area contributed by atoms with Gasteiger partial charge in [-0.25, -0.2) is 4.98 Å². The van der Waals surface area contributed by atoms with Gasteiger partial charge >= 0.3 is 0 Å². The topological polar surface area (TPSA) is 84.7 Å². The van der Waals surface area contributed by atoms with Crippen molar-refractivity contribution in [3.8, 4) is 5.95 Å². The van der Waals surface area contributed by atoms with E-state index in [0.717, 1.165) is 19.0 Å². The second-order valence-corrected chi connectivity index (χ2v) is 5.18. The zero-order valence-corrected chi connectivity index (χ0v) is 12.4. The van der Waals surface area contributed by atoms with Gasteiger partial charge in [0, 0.05) is 20.1 Å². The summed E-state index contributed by atoms with van der Waals surface area (Å²) in [5.74, 6) is 2.47. The van der Waals surface area contributed by atoms with Crippen molar-refractivity contribution in [2.24, 2.45) is 5.92 Å². The fourth-order valence-electron chi connectivity index (χ4n) is 2.36. The molecule has 1 saturated carbocycles. The molecule has 8 heteroatoms. The van der Waals surface area contributed by atoms with E-state index in [9.17, 15) is 0 Å². The summed E-state index contributed by atoms with van der Waals surface area (Å²) in [7, 11) is 1.80. The molecule has 112 valence electrons. The Morgan fingerprint density at radius 3 is 2.76 bits per heavy atom. The maximum atomic E-state index is 4.53. The van der Waals surface area contributed by atoms with Crippen molar-refractivity contribution in [3.05, 3.63) is 12.7 Å². The number of rotatable bonds is 6. The van der Waals surface area contributed by atoms with E-state index >= 15 is 0 Å². The van der Waals surface area contributed by atoms with Gasteiger partial charge in [-0.1, -0.05) is 6.42 Å². The molecule has 0 spiro atoms. The number of anilines is 2. The number of aromatic nitrogens is 6. The van der Waals surface area contributed by atoms with Gasteiger partial charge < -0.3 is 10.2 Å². The Hall–Kier alpha value is -2.25. The van der Waals surface area contributed by atoms with Crippen LogP contribution in [0.1, 0.15) is 26.2 Å². The summed E-state index contributed by atoms with van der Waals surface area (Å²) in [5, 5.41) is 7.06. The lowest BCUT2D eigenvalue weighted by molar-refractivity contribution is 0.317. The fourth-order valence-corrected chi connectivity index (χ4v) is 2.36. The van der Waals surface area contributed by atoms with Crippen LogP contribution in [0.4, 0.5) is 11.9 Å². The fraction of sp³-hybridized carbons (Fsp3) is 0.615. The molecule has 0 bridgehead atoms. The summed E-state index contributed by atoms with van der Waals surface area (Å²) in [6.07, 6.45) is 6.99. The molecule has 21 heavy (non-hydrogen) atoms.